The topological polar surface area (TPSA) is 78.6 Å². The van der Waals surface area contributed by atoms with Crippen molar-refractivity contribution in [2.45, 2.75) is 63.3 Å². The van der Waals surface area contributed by atoms with Gasteiger partial charge in [0.1, 0.15) is 0 Å². The SMILES string of the molecule is CC(C)([CH]=[Mo]=[N]C12CC3CC(CC(C3)C1)C2)c1ccccc1.Oc1c(F)c(F)c(F)c(F)c1F.Oc1c(F)c(F)c(F)c(F)c1F.c1ccc(-c2ccccn2)nc1. The third-order valence-electron chi connectivity index (χ3n) is 10.1. The summed E-state index contributed by atoms with van der Waals surface area (Å²) in [5.74, 6) is -22.8. The predicted molar refractivity (Wildman–Crippen MR) is 192 cm³/mol. The molecular weight excluding hydrogens is 864 g/mol. The van der Waals surface area contributed by atoms with Gasteiger partial charge in [0.25, 0.3) is 0 Å². The first-order chi connectivity index (χ1) is 27.4. The first kappa shape index (κ1) is 44.3. The molecule has 4 saturated carbocycles. The van der Waals surface area contributed by atoms with Crippen molar-refractivity contribution in [3.63, 3.8) is 0 Å². The Bertz CT molecular complexity index is 1930. The molecule has 5 nitrogen and oxygen atoms in total. The Morgan fingerprint density at radius 1 is 0.552 bits per heavy atom. The second kappa shape index (κ2) is 18.9. The first-order valence-corrected chi connectivity index (χ1v) is 20.0. The molecular formula is C42H37F10MoN3O2. The van der Waals surface area contributed by atoms with E-state index in [0.717, 1.165) is 29.1 Å². The molecule has 2 aromatic heterocycles. The molecule has 0 radical (unpaired) electrons. The quantitative estimate of drug-likeness (QED) is 0.0815. The van der Waals surface area contributed by atoms with Gasteiger partial charge in [0.2, 0.25) is 58.2 Å². The van der Waals surface area contributed by atoms with Crippen LogP contribution in [0.1, 0.15) is 57.9 Å². The zero-order valence-electron chi connectivity index (χ0n) is 31.0. The van der Waals surface area contributed by atoms with Crippen LogP contribution in [0.2, 0.25) is 0 Å². The van der Waals surface area contributed by atoms with E-state index in [9.17, 15) is 43.9 Å². The van der Waals surface area contributed by atoms with Gasteiger partial charge < -0.3 is 10.2 Å². The van der Waals surface area contributed by atoms with Crippen molar-refractivity contribution in [3.8, 4) is 22.9 Å². The largest absolute Gasteiger partial charge is 0.503 e. The fourth-order valence-corrected chi connectivity index (χ4v) is 9.81. The molecule has 0 atom stereocenters. The van der Waals surface area contributed by atoms with E-state index in [0.29, 0.717) is 5.54 Å². The Hall–Kier alpha value is -4.78. The van der Waals surface area contributed by atoms with Crippen molar-refractivity contribution in [1.82, 2.24) is 9.97 Å². The molecule has 3 aromatic carbocycles. The molecule has 0 amide bonds. The van der Waals surface area contributed by atoms with E-state index in [1.165, 1.54) is 44.1 Å². The summed E-state index contributed by atoms with van der Waals surface area (Å²) in [4.78, 5) is 8.37. The van der Waals surface area contributed by atoms with E-state index < -0.39 is 69.7 Å². The molecule has 308 valence electrons. The smallest absolute Gasteiger partial charge is 0.206 e. The Morgan fingerprint density at radius 2 is 0.897 bits per heavy atom. The number of aromatic nitrogens is 2. The van der Waals surface area contributed by atoms with Crippen LogP contribution in [0.4, 0.5) is 43.9 Å². The van der Waals surface area contributed by atoms with E-state index in [4.69, 9.17) is 13.7 Å². The predicted octanol–water partition coefficient (Wildman–Crippen LogP) is 11.3. The molecule has 58 heavy (non-hydrogen) atoms. The van der Waals surface area contributed by atoms with Gasteiger partial charge in [0.05, 0.1) is 11.4 Å². The molecule has 4 aliphatic rings. The van der Waals surface area contributed by atoms with Crippen molar-refractivity contribution in [2.75, 3.05) is 0 Å². The van der Waals surface area contributed by atoms with Crippen LogP contribution in [0.3, 0.4) is 0 Å². The Kier molecular flexibility index (Phi) is 14.4. The standard InChI is InChI=1S/C10H8N2.C10H15N.C10H12.2C6HF5O.Mo/c1-3-7-11-9(5-1)10-6-2-4-8-12-10;11-10-4-7-1-8(5-10)3-9(2-7)6-10;1-10(2,3)9-7-5-4-6-8-9;2*7-1-2(8)4(10)6(12)5(11)3(1)9;/h1-8H;7-9H,1-6H2;1,4-8H,2-3H3;2*12H;. The summed E-state index contributed by atoms with van der Waals surface area (Å²) in [7, 11) is 0. The molecule has 0 unspecified atom stereocenters. The number of pyridine rings is 2. The second-order valence-electron chi connectivity index (χ2n) is 14.8. The molecule has 2 N–H and O–H groups in total. The van der Waals surface area contributed by atoms with Gasteiger partial charge in [-0.05, 0) is 24.3 Å². The second-order valence-corrected chi connectivity index (χ2v) is 16.4. The van der Waals surface area contributed by atoms with Crippen molar-refractivity contribution in [1.29, 1.82) is 0 Å². The number of nitrogens with zero attached hydrogens (tertiary/aromatic N) is 3. The minimum Gasteiger partial charge on any atom is -0.503 e. The third-order valence-corrected chi connectivity index (χ3v) is 13.0. The van der Waals surface area contributed by atoms with E-state index in [2.05, 4.69) is 58.5 Å². The molecule has 0 saturated heterocycles. The molecule has 2 heterocycles. The van der Waals surface area contributed by atoms with Gasteiger partial charge in [-0.2, -0.15) is 17.6 Å². The van der Waals surface area contributed by atoms with Gasteiger partial charge >= 0.3 is 143 Å². The van der Waals surface area contributed by atoms with Gasteiger partial charge in [-0.3, -0.25) is 9.97 Å². The molecule has 9 rings (SSSR count). The monoisotopic (exact) mass is 903 g/mol. The zero-order chi connectivity index (χ0) is 42.4. The van der Waals surface area contributed by atoms with Crippen LogP contribution in [0, 0.1) is 75.9 Å². The maximum Gasteiger partial charge on any atom is 0.206 e. The van der Waals surface area contributed by atoms with Gasteiger partial charge in [-0.25, -0.2) is 26.3 Å². The number of phenolic OH excluding ortho intramolecular Hbond substituents is 2. The maximum absolute atomic E-state index is 12.2. The van der Waals surface area contributed by atoms with Crippen LogP contribution < -0.4 is 0 Å². The van der Waals surface area contributed by atoms with E-state index in [1.54, 1.807) is 12.4 Å². The minimum atomic E-state index is -2.29. The number of halogens is 10. The molecule has 0 spiro atoms. The third kappa shape index (κ3) is 10.3. The number of hydrogen-bond donors (Lipinski definition) is 2. The fourth-order valence-electron chi connectivity index (χ4n) is 7.60. The number of benzene rings is 3. The molecule has 5 aromatic rings. The van der Waals surface area contributed by atoms with Crippen molar-refractivity contribution >= 4 is 4.40 Å². The van der Waals surface area contributed by atoms with Crippen LogP contribution >= 0.6 is 0 Å². The van der Waals surface area contributed by atoms with Gasteiger partial charge in [0.15, 0.2) is 11.5 Å². The Balaban J connectivity index is 0.000000155. The molecule has 4 aliphatic carbocycles. The van der Waals surface area contributed by atoms with Crippen molar-refractivity contribution < 1.29 is 72.0 Å². The number of aromatic hydroxyl groups is 2. The van der Waals surface area contributed by atoms with Crippen molar-refractivity contribution in [3.05, 3.63) is 143 Å². The molecule has 0 aliphatic heterocycles. The maximum atomic E-state index is 12.2. The minimum absolute atomic E-state index is 0.176. The number of hydrogen-bond acceptors (Lipinski definition) is 5. The summed E-state index contributed by atoms with van der Waals surface area (Å²) in [6.45, 7) is 4.70. The van der Waals surface area contributed by atoms with Crippen LogP contribution in [-0.4, -0.2) is 30.1 Å². The average molecular weight is 902 g/mol. The van der Waals surface area contributed by atoms with Gasteiger partial charge in [-0.1, -0.05) is 12.1 Å². The summed E-state index contributed by atoms with van der Waals surface area (Å²) in [6.07, 6.45) is 12.4. The van der Waals surface area contributed by atoms with E-state index in [-0.39, 0.29) is 23.3 Å². The van der Waals surface area contributed by atoms with Gasteiger partial charge in [-0.15, -0.1) is 0 Å². The van der Waals surface area contributed by atoms with Crippen LogP contribution in [-0.2, 0) is 23.3 Å². The zero-order valence-corrected chi connectivity index (χ0v) is 33.0. The normalized spacial score (nSPS) is 20.0. The summed E-state index contributed by atoms with van der Waals surface area (Å²) < 4.78 is 129. The van der Waals surface area contributed by atoms with Crippen LogP contribution in [0.25, 0.3) is 11.4 Å². The molecule has 16 heteroatoms. The summed E-state index contributed by atoms with van der Waals surface area (Å²) in [5, 5.41) is 16.6. The molecule has 4 bridgehead atoms. The number of phenols is 2. The molecule has 4 fully saturated rings. The number of rotatable bonds is 4. The summed E-state index contributed by atoms with van der Waals surface area (Å²) >= 11 is -0.353. The van der Waals surface area contributed by atoms with Crippen molar-refractivity contribution in [2.24, 2.45) is 21.2 Å². The van der Waals surface area contributed by atoms with E-state index in [1.807, 2.05) is 36.4 Å². The van der Waals surface area contributed by atoms with Gasteiger partial charge in [0, 0.05) is 12.4 Å². The van der Waals surface area contributed by atoms with Crippen LogP contribution in [0.15, 0.2) is 82.6 Å². The Morgan fingerprint density at radius 3 is 1.24 bits per heavy atom. The summed E-state index contributed by atoms with van der Waals surface area (Å²) in [5.41, 5.74) is 3.85. The Labute approximate surface area is 335 Å². The summed E-state index contributed by atoms with van der Waals surface area (Å²) in [6, 6.07) is 22.5. The van der Waals surface area contributed by atoms with Crippen LogP contribution in [0.5, 0.6) is 11.5 Å². The fraction of sp³-hybridized carbons (Fsp3) is 0.310. The first-order valence-electron chi connectivity index (χ1n) is 18.0. The average Bonchev–Trinajstić information content (AvgIpc) is 3.23. The van der Waals surface area contributed by atoms with E-state index >= 15 is 0 Å².